The van der Waals surface area contributed by atoms with Gasteiger partial charge in [-0.05, 0) is 61.5 Å². The number of unbranched alkanes of at least 4 members (excludes halogenated alkanes) is 1. The molecular formula is C22H24N2S2. The Hall–Kier alpha value is -1.44. The molecule has 2 nitrogen and oxygen atoms in total. The minimum absolute atomic E-state index is 0.245. The van der Waals surface area contributed by atoms with Crippen molar-refractivity contribution in [2.45, 2.75) is 62.0 Å². The maximum absolute atomic E-state index is 10.1. The second-order valence-electron chi connectivity index (χ2n) is 7.79. The topological polar surface area (TPSA) is 36.1 Å². The molecule has 3 atom stereocenters. The Morgan fingerprint density at radius 3 is 3.04 bits per heavy atom. The van der Waals surface area contributed by atoms with E-state index in [-0.39, 0.29) is 10.2 Å². The number of rotatable bonds is 4. The van der Waals surface area contributed by atoms with Crippen LogP contribution in [0.5, 0.6) is 0 Å². The molecule has 1 spiro atoms. The standard InChI is InChI=1S/C22H24N2S2/c1-2-3-6-16-11-22(14-23,26-13-16)17-9-10-20(25)21(12-17)15-24-19-8-5-4-7-18(19)21/h4-5,7-8,13,15,17H,2-3,6,9-12H2,1H3. The van der Waals surface area contributed by atoms with Gasteiger partial charge in [0.25, 0.3) is 0 Å². The average molecular weight is 381 g/mol. The average Bonchev–Trinajstić information content (AvgIpc) is 3.26. The molecule has 4 rings (SSSR count). The van der Waals surface area contributed by atoms with Crippen LogP contribution in [0, 0.1) is 17.2 Å². The number of fused-ring (bicyclic) bond motifs is 2. The lowest BCUT2D eigenvalue weighted by Crippen LogP contribution is -2.46. The van der Waals surface area contributed by atoms with E-state index in [1.54, 1.807) is 11.8 Å². The third-order valence-corrected chi connectivity index (χ3v) is 8.23. The fourth-order valence-electron chi connectivity index (χ4n) is 4.69. The van der Waals surface area contributed by atoms with Gasteiger partial charge in [0, 0.05) is 11.1 Å². The molecule has 3 unspecified atom stereocenters. The van der Waals surface area contributed by atoms with Gasteiger partial charge < -0.3 is 0 Å². The number of thioether (sulfide) groups is 1. The van der Waals surface area contributed by atoms with Crippen LogP contribution in [0.4, 0.5) is 5.69 Å². The van der Waals surface area contributed by atoms with Crippen molar-refractivity contribution in [2.24, 2.45) is 10.9 Å². The van der Waals surface area contributed by atoms with Gasteiger partial charge in [-0.15, -0.1) is 11.8 Å². The van der Waals surface area contributed by atoms with Crippen molar-refractivity contribution in [2.75, 3.05) is 0 Å². The van der Waals surface area contributed by atoms with E-state index in [2.05, 4.69) is 47.8 Å². The number of benzene rings is 1. The molecule has 0 N–H and O–H groups in total. The van der Waals surface area contributed by atoms with Crippen LogP contribution in [0.15, 0.2) is 40.2 Å². The highest BCUT2D eigenvalue weighted by molar-refractivity contribution is 8.04. The molecule has 0 radical (unpaired) electrons. The number of hydrogen-bond donors (Lipinski definition) is 0. The van der Waals surface area contributed by atoms with Crippen molar-refractivity contribution in [1.29, 1.82) is 5.26 Å². The van der Waals surface area contributed by atoms with Crippen LogP contribution in [0.2, 0.25) is 0 Å². The van der Waals surface area contributed by atoms with Crippen LogP contribution < -0.4 is 0 Å². The molecule has 0 saturated heterocycles. The van der Waals surface area contributed by atoms with Crippen molar-refractivity contribution in [1.82, 2.24) is 0 Å². The molecule has 4 heteroatoms. The molecular weight excluding hydrogens is 356 g/mol. The summed E-state index contributed by atoms with van der Waals surface area (Å²) in [4.78, 5) is 5.77. The van der Waals surface area contributed by atoms with Crippen LogP contribution in [0.3, 0.4) is 0 Å². The summed E-state index contributed by atoms with van der Waals surface area (Å²) in [6.45, 7) is 2.23. The van der Waals surface area contributed by atoms with Crippen molar-refractivity contribution in [3.63, 3.8) is 0 Å². The zero-order valence-corrected chi connectivity index (χ0v) is 16.8. The molecule has 2 heterocycles. The van der Waals surface area contributed by atoms with Crippen molar-refractivity contribution in [3.8, 4) is 6.07 Å². The molecule has 1 saturated carbocycles. The molecule has 1 aromatic rings. The van der Waals surface area contributed by atoms with Crippen molar-refractivity contribution < 1.29 is 0 Å². The Bertz CT molecular complexity index is 835. The smallest absolute Gasteiger partial charge is 0.113 e. The highest BCUT2D eigenvalue weighted by Gasteiger charge is 2.52. The summed E-state index contributed by atoms with van der Waals surface area (Å²) in [7, 11) is 0. The Labute approximate surface area is 165 Å². The Kier molecular flexibility index (Phi) is 4.79. The lowest BCUT2D eigenvalue weighted by Gasteiger charge is -2.42. The maximum atomic E-state index is 10.1. The summed E-state index contributed by atoms with van der Waals surface area (Å²) >= 11 is 7.61. The molecule has 0 aromatic heterocycles. The predicted molar refractivity (Wildman–Crippen MR) is 114 cm³/mol. The number of allylic oxidation sites excluding steroid dienone is 1. The third-order valence-electron chi connectivity index (χ3n) is 6.22. The van der Waals surface area contributed by atoms with E-state index in [1.807, 2.05) is 6.07 Å². The molecule has 1 aliphatic carbocycles. The Morgan fingerprint density at radius 2 is 2.23 bits per heavy atom. The Morgan fingerprint density at radius 1 is 1.38 bits per heavy atom. The quantitative estimate of drug-likeness (QED) is 0.576. The SMILES string of the molecule is CCCCC1=CSC(C#N)(C2CCC(=S)C3(C=Nc4ccccc43)C2)C1. The lowest BCUT2D eigenvalue weighted by atomic mass is 9.63. The van der Waals surface area contributed by atoms with E-state index in [1.165, 1.54) is 24.0 Å². The first kappa shape index (κ1) is 17.9. The van der Waals surface area contributed by atoms with Gasteiger partial charge in [0.2, 0.25) is 0 Å². The number of aliphatic imine (C=N–C) groups is 1. The molecule has 3 aliphatic rings. The number of para-hydroxylation sites is 1. The third kappa shape index (κ3) is 2.77. The monoisotopic (exact) mass is 380 g/mol. The minimum Gasteiger partial charge on any atom is -0.260 e. The van der Waals surface area contributed by atoms with Gasteiger partial charge in [-0.2, -0.15) is 5.26 Å². The van der Waals surface area contributed by atoms with Gasteiger partial charge >= 0.3 is 0 Å². The summed E-state index contributed by atoms with van der Waals surface area (Å²) in [6.07, 6.45) is 9.39. The molecule has 1 aromatic carbocycles. The minimum atomic E-state index is -0.322. The first-order valence-corrected chi connectivity index (χ1v) is 10.9. The highest BCUT2D eigenvalue weighted by Crippen LogP contribution is 2.55. The van der Waals surface area contributed by atoms with E-state index in [0.29, 0.717) is 5.92 Å². The summed E-state index contributed by atoms with van der Waals surface area (Å²) in [6, 6.07) is 11.1. The summed E-state index contributed by atoms with van der Waals surface area (Å²) in [5.41, 5.74) is 3.50. The zero-order chi connectivity index (χ0) is 18.2. The van der Waals surface area contributed by atoms with Gasteiger partial charge in [-0.3, -0.25) is 4.99 Å². The van der Waals surface area contributed by atoms with Crippen LogP contribution in [0.1, 0.15) is 57.4 Å². The van der Waals surface area contributed by atoms with Crippen molar-refractivity contribution >= 4 is 40.7 Å². The maximum Gasteiger partial charge on any atom is 0.113 e. The van der Waals surface area contributed by atoms with E-state index in [0.717, 1.165) is 42.7 Å². The van der Waals surface area contributed by atoms with Gasteiger partial charge in [0.1, 0.15) is 4.75 Å². The summed E-state index contributed by atoms with van der Waals surface area (Å²) < 4.78 is -0.322. The number of hydrogen-bond acceptors (Lipinski definition) is 4. The summed E-state index contributed by atoms with van der Waals surface area (Å²) in [5, 5.41) is 12.4. The molecule has 2 aliphatic heterocycles. The van der Waals surface area contributed by atoms with E-state index < -0.39 is 0 Å². The van der Waals surface area contributed by atoms with Crippen LogP contribution in [-0.2, 0) is 5.41 Å². The van der Waals surface area contributed by atoms with E-state index >= 15 is 0 Å². The van der Waals surface area contributed by atoms with Gasteiger partial charge in [0.05, 0.1) is 17.2 Å². The van der Waals surface area contributed by atoms with E-state index in [9.17, 15) is 5.26 Å². The number of nitriles is 1. The lowest BCUT2D eigenvalue weighted by molar-refractivity contribution is 0.342. The Balaban J connectivity index is 1.61. The van der Waals surface area contributed by atoms with Crippen LogP contribution >= 0.6 is 24.0 Å². The van der Waals surface area contributed by atoms with Crippen molar-refractivity contribution in [3.05, 3.63) is 40.8 Å². The molecule has 26 heavy (non-hydrogen) atoms. The molecule has 0 bridgehead atoms. The number of thiocarbonyl (C=S) groups is 1. The van der Waals surface area contributed by atoms with Gasteiger partial charge in [-0.25, -0.2) is 0 Å². The summed E-state index contributed by atoms with van der Waals surface area (Å²) in [5.74, 6) is 0.345. The van der Waals surface area contributed by atoms with Gasteiger partial charge in [-0.1, -0.05) is 49.3 Å². The predicted octanol–water partition coefficient (Wildman–Crippen LogP) is 6.28. The molecule has 0 amide bonds. The van der Waals surface area contributed by atoms with Gasteiger partial charge in [0.15, 0.2) is 0 Å². The largest absolute Gasteiger partial charge is 0.260 e. The molecule has 134 valence electrons. The number of nitrogens with zero attached hydrogens (tertiary/aromatic N) is 2. The first-order chi connectivity index (χ1) is 12.6. The zero-order valence-electron chi connectivity index (χ0n) is 15.2. The van der Waals surface area contributed by atoms with Crippen LogP contribution in [-0.4, -0.2) is 15.8 Å². The normalized spacial score (nSPS) is 32.5. The highest BCUT2D eigenvalue weighted by atomic mass is 32.2. The second-order valence-corrected chi connectivity index (χ2v) is 9.48. The molecule has 1 fully saturated rings. The first-order valence-electron chi connectivity index (χ1n) is 9.58. The fourth-order valence-corrected chi connectivity index (χ4v) is 6.34. The van der Waals surface area contributed by atoms with Crippen LogP contribution in [0.25, 0.3) is 0 Å². The second kappa shape index (κ2) is 6.94. The van der Waals surface area contributed by atoms with E-state index in [4.69, 9.17) is 12.2 Å². The fraction of sp³-hybridized carbons (Fsp3) is 0.500.